The lowest BCUT2D eigenvalue weighted by atomic mass is 9.74. The van der Waals surface area contributed by atoms with Crippen molar-refractivity contribution in [2.75, 3.05) is 18.0 Å². The first kappa shape index (κ1) is 26.0. The van der Waals surface area contributed by atoms with Gasteiger partial charge in [0.05, 0.1) is 36.2 Å². The Balaban J connectivity index is 1.55. The Labute approximate surface area is 201 Å². The van der Waals surface area contributed by atoms with Gasteiger partial charge in [-0.25, -0.2) is 4.39 Å². The van der Waals surface area contributed by atoms with Crippen LogP contribution < -0.4 is 15.5 Å². The molecule has 2 fully saturated rings. The van der Waals surface area contributed by atoms with Crippen molar-refractivity contribution >= 4 is 36.6 Å². The number of benzene rings is 1. The van der Waals surface area contributed by atoms with Crippen LogP contribution in [0.2, 0.25) is 0 Å². The number of nitrogens with one attached hydrogen (secondary N) is 2. The molecule has 35 heavy (non-hydrogen) atoms. The molecule has 2 aliphatic heterocycles. The Morgan fingerprint density at radius 3 is 2.69 bits per heavy atom. The molecule has 186 valence electrons. The number of aliphatic carboxylic acids is 1. The van der Waals surface area contributed by atoms with E-state index in [9.17, 15) is 23.6 Å². The van der Waals surface area contributed by atoms with E-state index in [0.717, 1.165) is 6.07 Å². The van der Waals surface area contributed by atoms with Gasteiger partial charge < -0.3 is 29.9 Å². The molecule has 2 heterocycles. The standard InChI is InChI=1S/C22H26BFN4O7/c1-12(2)7-18(23-34-17(9-20(30)31)22(33)35-23)27-19(29)11-26-21(32)16-5-6-28(16)15-4-3-13(10-25)8-14(15)24/h3-4,8,12,16-18H,5-7,9,11H2,1-2H3,(H,26,32)(H,27,29)(H,30,31). The number of carbonyl (C=O) groups is 4. The lowest BCUT2D eigenvalue weighted by Gasteiger charge is -2.41. The van der Waals surface area contributed by atoms with Gasteiger partial charge in [0.25, 0.3) is 0 Å². The second-order valence-corrected chi connectivity index (χ2v) is 8.83. The molecule has 0 radical (unpaired) electrons. The van der Waals surface area contributed by atoms with Crippen molar-refractivity contribution in [3.63, 3.8) is 0 Å². The van der Waals surface area contributed by atoms with Gasteiger partial charge in [-0.05, 0) is 37.0 Å². The van der Waals surface area contributed by atoms with Crippen molar-refractivity contribution in [3.8, 4) is 6.07 Å². The third kappa shape index (κ3) is 6.48. The first-order valence-corrected chi connectivity index (χ1v) is 11.2. The fraction of sp³-hybridized carbons (Fsp3) is 0.500. The average Bonchev–Trinajstić information content (AvgIpc) is 3.11. The molecular formula is C22H26BFN4O7. The lowest BCUT2D eigenvalue weighted by molar-refractivity contribution is -0.145. The van der Waals surface area contributed by atoms with Gasteiger partial charge >= 0.3 is 19.1 Å². The highest BCUT2D eigenvalue weighted by atomic mass is 19.1. The molecule has 3 rings (SSSR count). The molecule has 0 aromatic heterocycles. The van der Waals surface area contributed by atoms with Crippen LogP contribution in [0.15, 0.2) is 18.2 Å². The van der Waals surface area contributed by atoms with E-state index in [2.05, 4.69) is 10.6 Å². The Morgan fingerprint density at radius 2 is 2.11 bits per heavy atom. The highest BCUT2D eigenvalue weighted by molar-refractivity contribution is 6.51. The van der Waals surface area contributed by atoms with E-state index >= 15 is 0 Å². The highest BCUT2D eigenvalue weighted by Crippen LogP contribution is 2.29. The van der Waals surface area contributed by atoms with Crippen molar-refractivity contribution < 1.29 is 38.0 Å². The van der Waals surface area contributed by atoms with E-state index in [1.807, 2.05) is 19.9 Å². The maximum absolute atomic E-state index is 14.3. The van der Waals surface area contributed by atoms with Crippen LogP contribution in [0.4, 0.5) is 10.1 Å². The van der Waals surface area contributed by atoms with Crippen molar-refractivity contribution in [3.05, 3.63) is 29.6 Å². The van der Waals surface area contributed by atoms with Crippen molar-refractivity contribution in [1.29, 1.82) is 5.26 Å². The molecule has 2 aliphatic rings. The summed E-state index contributed by atoms with van der Waals surface area (Å²) in [7, 11) is -1.14. The van der Waals surface area contributed by atoms with Gasteiger partial charge in [-0.1, -0.05) is 13.8 Å². The molecule has 0 spiro atoms. The number of halogens is 1. The van der Waals surface area contributed by atoms with Crippen LogP contribution in [-0.4, -0.2) is 67.2 Å². The third-order valence-electron chi connectivity index (χ3n) is 5.69. The van der Waals surface area contributed by atoms with Gasteiger partial charge in [0.1, 0.15) is 11.9 Å². The van der Waals surface area contributed by atoms with Crippen LogP contribution in [0, 0.1) is 23.1 Å². The first-order valence-electron chi connectivity index (χ1n) is 11.2. The van der Waals surface area contributed by atoms with Crippen LogP contribution >= 0.6 is 0 Å². The summed E-state index contributed by atoms with van der Waals surface area (Å²) in [6.45, 7) is 3.86. The molecule has 2 saturated heterocycles. The van der Waals surface area contributed by atoms with Crippen LogP contribution in [0.3, 0.4) is 0 Å². The topological polar surface area (TPSA) is 158 Å². The molecule has 11 nitrogen and oxygen atoms in total. The second-order valence-electron chi connectivity index (χ2n) is 8.83. The van der Waals surface area contributed by atoms with Gasteiger partial charge in [0.15, 0.2) is 6.10 Å². The minimum absolute atomic E-state index is 0.0848. The van der Waals surface area contributed by atoms with E-state index in [4.69, 9.17) is 19.7 Å². The van der Waals surface area contributed by atoms with E-state index < -0.39 is 61.2 Å². The van der Waals surface area contributed by atoms with Gasteiger partial charge in [0, 0.05) is 6.54 Å². The smallest absolute Gasteiger partial charge is 0.506 e. The average molecular weight is 488 g/mol. The normalized spacial score (nSPS) is 20.0. The molecular weight excluding hydrogens is 462 g/mol. The number of nitriles is 1. The van der Waals surface area contributed by atoms with Crippen LogP contribution in [0.25, 0.3) is 0 Å². The summed E-state index contributed by atoms with van der Waals surface area (Å²) in [6, 6.07) is 5.20. The summed E-state index contributed by atoms with van der Waals surface area (Å²) >= 11 is 0. The predicted octanol–water partition coefficient (Wildman–Crippen LogP) is 0.367. The lowest BCUT2D eigenvalue weighted by Crippen LogP contribution is -2.58. The van der Waals surface area contributed by atoms with Crippen LogP contribution in [-0.2, 0) is 28.5 Å². The molecule has 1 aromatic carbocycles. The molecule has 1 aromatic rings. The minimum Gasteiger partial charge on any atom is -0.506 e. The summed E-state index contributed by atoms with van der Waals surface area (Å²) in [6.07, 6.45) is -0.951. The Hall–Kier alpha value is -3.66. The van der Waals surface area contributed by atoms with E-state index in [0.29, 0.717) is 19.4 Å². The first-order chi connectivity index (χ1) is 16.6. The number of hydrogen-bond acceptors (Lipinski definition) is 8. The fourth-order valence-electron chi connectivity index (χ4n) is 3.95. The summed E-state index contributed by atoms with van der Waals surface area (Å²) in [5, 5.41) is 23.0. The number of anilines is 1. The van der Waals surface area contributed by atoms with E-state index in [-0.39, 0.29) is 23.7 Å². The zero-order chi connectivity index (χ0) is 25.7. The number of carboxylic acid groups (broad SMARTS) is 1. The fourth-order valence-corrected chi connectivity index (χ4v) is 3.95. The number of carbonyl (C=O) groups excluding carboxylic acids is 3. The predicted molar refractivity (Wildman–Crippen MR) is 120 cm³/mol. The number of nitrogens with zero attached hydrogens (tertiary/aromatic N) is 2. The third-order valence-corrected chi connectivity index (χ3v) is 5.69. The number of amides is 2. The molecule has 13 heteroatoms. The van der Waals surface area contributed by atoms with Crippen LogP contribution in [0.5, 0.6) is 0 Å². The zero-order valence-corrected chi connectivity index (χ0v) is 19.3. The van der Waals surface area contributed by atoms with Crippen molar-refractivity contribution in [1.82, 2.24) is 10.6 Å². The molecule has 3 atom stereocenters. The largest absolute Gasteiger partial charge is 0.552 e. The molecule has 0 aliphatic carbocycles. The zero-order valence-electron chi connectivity index (χ0n) is 19.3. The van der Waals surface area contributed by atoms with Crippen molar-refractivity contribution in [2.45, 2.75) is 51.2 Å². The monoisotopic (exact) mass is 488 g/mol. The molecule has 0 saturated carbocycles. The number of carboxylic acids is 1. The van der Waals surface area contributed by atoms with Gasteiger partial charge in [0.2, 0.25) is 11.8 Å². The van der Waals surface area contributed by atoms with Crippen LogP contribution in [0.1, 0.15) is 38.7 Å². The van der Waals surface area contributed by atoms with Gasteiger partial charge in [-0.15, -0.1) is 0 Å². The Bertz CT molecular complexity index is 1050. The quantitative estimate of drug-likeness (QED) is 0.396. The van der Waals surface area contributed by atoms with E-state index in [1.54, 1.807) is 4.90 Å². The summed E-state index contributed by atoms with van der Waals surface area (Å²) in [5.41, 5.74) is 0.375. The van der Waals surface area contributed by atoms with E-state index in [1.165, 1.54) is 12.1 Å². The summed E-state index contributed by atoms with van der Waals surface area (Å²) in [4.78, 5) is 49.5. The number of hydrogen-bond donors (Lipinski definition) is 3. The second kappa shape index (κ2) is 11.2. The maximum Gasteiger partial charge on any atom is 0.552 e. The van der Waals surface area contributed by atoms with Crippen molar-refractivity contribution in [2.24, 2.45) is 5.92 Å². The summed E-state index contributed by atoms with van der Waals surface area (Å²) in [5.74, 6) is -4.30. The number of rotatable bonds is 10. The molecule has 3 N–H and O–H groups in total. The van der Waals surface area contributed by atoms with Gasteiger partial charge in [-0.3, -0.25) is 19.2 Å². The van der Waals surface area contributed by atoms with Gasteiger partial charge in [-0.2, -0.15) is 5.26 Å². The Morgan fingerprint density at radius 1 is 1.37 bits per heavy atom. The highest BCUT2D eigenvalue weighted by Gasteiger charge is 2.46. The minimum atomic E-state index is -1.25. The SMILES string of the molecule is CC(C)CC(NC(=O)CNC(=O)C1CCN1c1ccc(C#N)cc1F)B1OC(=O)C(CC(=O)O)O1. The molecule has 2 amide bonds. The summed E-state index contributed by atoms with van der Waals surface area (Å²) < 4.78 is 24.9. The molecule has 3 unspecified atom stereocenters. The maximum atomic E-state index is 14.3. The Kier molecular flexibility index (Phi) is 8.29. The molecule has 0 bridgehead atoms.